The Bertz CT molecular complexity index is 532. The SMILES string of the molecule is N#Cc1cccnc1N[C@@H]1CCC(=O)N[C@H]1C1CC1. The van der Waals surface area contributed by atoms with Crippen molar-refractivity contribution < 1.29 is 4.79 Å². The fourth-order valence-electron chi connectivity index (χ4n) is 2.67. The van der Waals surface area contributed by atoms with Crippen molar-refractivity contribution in [3.63, 3.8) is 0 Å². The average Bonchev–Trinajstić information content (AvgIpc) is 3.26. The zero-order chi connectivity index (χ0) is 13.2. The molecule has 0 bridgehead atoms. The summed E-state index contributed by atoms with van der Waals surface area (Å²) in [5, 5.41) is 15.5. The number of aromatic nitrogens is 1. The molecule has 5 heteroatoms. The van der Waals surface area contributed by atoms with Gasteiger partial charge in [0.2, 0.25) is 5.91 Å². The molecule has 0 spiro atoms. The van der Waals surface area contributed by atoms with E-state index < -0.39 is 0 Å². The van der Waals surface area contributed by atoms with E-state index in [-0.39, 0.29) is 18.0 Å². The summed E-state index contributed by atoms with van der Waals surface area (Å²) < 4.78 is 0. The first-order valence-corrected chi connectivity index (χ1v) is 6.69. The van der Waals surface area contributed by atoms with Crippen molar-refractivity contribution in [1.29, 1.82) is 5.26 Å². The largest absolute Gasteiger partial charge is 0.364 e. The van der Waals surface area contributed by atoms with Crippen molar-refractivity contribution in [2.75, 3.05) is 5.32 Å². The Morgan fingerprint density at radius 3 is 3.00 bits per heavy atom. The number of nitrogens with zero attached hydrogens (tertiary/aromatic N) is 2. The van der Waals surface area contributed by atoms with Gasteiger partial charge in [0.25, 0.3) is 0 Å². The van der Waals surface area contributed by atoms with Crippen LogP contribution >= 0.6 is 0 Å². The molecule has 1 aliphatic carbocycles. The highest BCUT2D eigenvalue weighted by Gasteiger charge is 2.40. The summed E-state index contributed by atoms with van der Waals surface area (Å²) in [5.41, 5.74) is 0.550. The molecule has 98 valence electrons. The van der Waals surface area contributed by atoms with E-state index in [2.05, 4.69) is 21.7 Å². The van der Waals surface area contributed by atoms with E-state index in [1.54, 1.807) is 18.3 Å². The van der Waals surface area contributed by atoms with Crippen LogP contribution < -0.4 is 10.6 Å². The first-order chi connectivity index (χ1) is 9.28. The number of amides is 1. The van der Waals surface area contributed by atoms with Gasteiger partial charge < -0.3 is 10.6 Å². The molecule has 2 N–H and O–H groups in total. The van der Waals surface area contributed by atoms with E-state index in [4.69, 9.17) is 5.26 Å². The standard InChI is InChI=1S/C14H16N4O/c15-8-10-2-1-7-16-14(10)17-11-5-6-12(19)18-13(11)9-3-4-9/h1-2,7,9,11,13H,3-6H2,(H,16,17)(H,18,19)/t11-,13+/m1/s1. The van der Waals surface area contributed by atoms with Crippen molar-refractivity contribution in [3.05, 3.63) is 23.9 Å². The molecular weight excluding hydrogens is 240 g/mol. The Balaban J connectivity index is 1.77. The van der Waals surface area contributed by atoms with Gasteiger partial charge in [-0.05, 0) is 37.3 Å². The fourth-order valence-corrected chi connectivity index (χ4v) is 2.67. The molecule has 0 unspecified atom stereocenters. The lowest BCUT2D eigenvalue weighted by molar-refractivity contribution is -0.123. The van der Waals surface area contributed by atoms with Gasteiger partial charge in [-0.2, -0.15) is 5.26 Å². The third kappa shape index (κ3) is 2.53. The predicted octanol–water partition coefficient (Wildman–Crippen LogP) is 1.42. The van der Waals surface area contributed by atoms with Crippen LogP contribution in [-0.4, -0.2) is 23.0 Å². The zero-order valence-corrected chi connectivity index (χ0v) is 10.6. The lowest BCUT2D eigenvalue weighted by Crippen LogP contribution is -2.52. The van der Waals surface area contributed by atoms with E-state index in [9.17, 15) is 4.79 Å². The normalized spacial score (nSPS) is 26.4. The molecule has 1 saturated carbocycles. The van der Waals surface area contributed by atoms with Crippen molar-refractivity contribution in [1.82, 2.24) is 10.3 Å². The summed E-state index contributed by atoms with van der Waals surface area (Å²) in [6, 6.07) is 6.00. The van der Waals surface area contributed by atoms with Gasteiger partial charge in [0.15, 0.2) is 0 Å². The van der Waals surface area contributed by atoms with Gasteiger partial charge in [-0.25, -0.2) is 4.98 Å². The van der Waals surface area contributed by atoms with Crippen molar-refractivity contribution in [2.24, 2.45) is 5.92 Å². The predicted molar refractivity (Wildman–Crippen MR) is 70.3 cm³/mol. The maximum atomic E-state index is 11.5. The molecule has 1 aliphatic heterocycles. The summed E-state index contributed by atoms with van der Waals surface area (Å²) >= 11 is 0. The third-order valence-corrected chi connectivity index (χ3v) is 3.82. The molecule has 1 aromatic heterocycles. The highest BCUT2D eigenvalue weighted by molar-refractivity contribution is 5.77. The lowest BCUT2D eigenvalue weighted by Gasteiger charge is -2.33. The van der Waals surface area contributed by atoms with Gasteiger partial charge in [-0.1, -0.05) is 0 Å². The summed E-state index contributed by atoms with van der Waals surface area (Å²) in [4.78, 5) is 15.8. The van der Waals surface area contributed by atoms with E-state index in [1.807, 2.05) is 0 Å². The molecule has 0 aromatic carbocycles. The van der Waals surface area contributed by atoms with E-state index in [1.165, 1.54) is 12.8 Å². The minimum absolute atomic E-state index is 0.136. The quantitative estimate of drug-likeness (QED) is 0.857. The van der Waals surface area contributed by atoms with Gasteiger partial charge in [0.05, 0.1) is 11.6 Å². The number of anilines is 1. The lowest BCUT2D eigenvalue weighted by atomic mass is 9.94. The van der Waals surface area contributed by atoms with Gasteiger partial charge in [-0.3, -0.25) is 4.79 Å². The summed E-state index contributed by atoms with van der Waals surface area (Å²) in [7, 11) is 0. The first kappa shape index (κ1) is 12.0. The molecular formula is C14H16N4O. The molecule has 19 heavy (non-hydrogen) atoms. The smallest absolute Gasteiger partial charge is 0.220 e. The Morgan fingerprint density at radius 1 is 1.42 bits per heavy atom. The second-order valence-electron chi connectivity index (χ2n) is 5.23. The topological polar surface area (TPSA) is 77.8 Å². The van der Waals surface area contributed by atoms with Gasteiger partial charge in [-0.15, -0.1) is 0 Å². The van der Waals surface area contributed by atoms with Gasteiger partial charge >= 0.3 is 0 Å². The van der Waals surface area contributed by atoms with Gasteiger partial charge in [0, 0.05) is 18.7 Å². The van der Waals surface area contributed by atoms with Crippen LogP contribution in [0.5, 0.6) is 0 Å². The number of rotatable bonds is 3. The fraction of sp³-hybridized carbons (Fsp3) is 0.500. The van der Waals surface area contributed by atoms with Crippen molar-refractivity contribution in [2.45, 2.75) is 37.8 Å². The van der Waals surface area contributed by atoms with E-state index >= 15 is 0 Å². The van der Waals surface area contributed by atoms with Crippen LogP contribution in [0.2, 0.25) is 0 Å². The van der Waals surface area contributed by atoms with Crippen LogP contribution in [0.25, 0.3) is 0 Å². The zero-order valence-electron chi connectivity index (χ0n) is 10.6. The van der Waals surface area contributed by atoms with Crippen LogP contribution in [0.1, 0.15) is 31.2 Å². The Labute approximate surface area is 112 Å². The minimum atomic E-state index is 0.136. The highest BCUT2D eigenvalue weighted by Crippen LogP contribution is 2.37. The highest BCUT2D eigenvalue weighted by atomic mass is 16.1. The molecule has 1 saturated heterocycles. The van der Waals surface area contributed by atoms with E-state index in [0.717, 1.165) is 6.42 Å². The Morgan fingerprint density at radius 2 is 2.26 bits per heavy atom. The number of nitriles is 1. The number of piperidine rings is 1. The maximum absolute atomic E-state index is 11.5. The summed E-state index contributed by atoms with van der Waals surface area (Å²) in [6.45, 7) is 0. The van der Waals surface area contributed by atoms with Gasteiger partial charge in [0.1, 0.15) is 11.9 Å². The number of carbonyl (C=O) groups excluding carboxylic acids is 1. The van der Waals surface area contributed by atoms with Crippen LogP contribution in [-0.2, 0) is 4.79 Å². The molecule has 2 fully saturated rings. The van der Waals surface area contributed by atoms with Crippen LogP contribution in [0.15, 0.2) is 18.3 Å². The number of carbonyl (C=O) groups is 1. The molecule has 5 nitrogen and oxygen atoms in total. The summed E-state index contributed by atoms with van der Waals surface area (Å²) in [5.74, 6) is 1.34. The van der Waals surface area contributed by atoms with E-state index in [0.29, 0.717) is 23.7 Å². The minimum Gasteiger partial charge on any atom is -0.364 e. The molecule has 3 rings (SSSR count). The second-order valence-corrected chi connectivity index (χ2v) is 5.23. The Hall–Kier alpha value is -2.09. The molecule has 2 atom stereocenters. The number of pyridine rings is 1. The van der Waals surface area contributed by atoms with Crippen molar-refractivity contribution >= 4 is 11.7 Å². The molecule has 1 aromatic rings. The first-order valence-electron chi connectivity index (χ1n) is 6.69. The number of hydrogen-bond donors (Lipinski definition) is 2. The molecule has 0 radical (unpaired) electrons. The van der Waals surface area contributed by atoms with Crippen molar-refractivity contribution in [3.8, 4) is 6.07 Å². The van der Waals surface area contributed by atoms with Crippen LogP contribution in [0, 0.1) is 17.2 Å². The number of hydrogen-bond acceptors (Lipinski definition) is 4. The monoisotopic (exact) mass is 256 g/mol. The molecule has 2 heterocycles. The summed E-state index contributed by atoms with van der Waals surface area (Å²) in [6.07, 6.45) is 5.37. The Kier molecular flexibility index (Phi) is 3.08. The second kappa shape index (κ2) is 4.88. The van der Waals surface area contributed by atoms with Crippen LogP contribution in [0.3, 0.4) is 0 Å². The average molecular weight is 256 g/mol. The third-order valence-electron chi connectivity index (χ3n) is 3.82. The van der Waals surface area contributed by atoms with Crippen LogP contribution in [0.4, 0.5) is 5.82 Å². The molecule has 1 amide bonds. The maximum Gasteiger partial charge on any atom is 0.220 e. The molecule has 2 aliphatic rings. The number of nitrogens with one attached hydrogen (secondary N) is 2.